The summed E-state index contributed by atoms with van der Waals surface area (Å²) < 4.78 is 5.36. The molecule has 1 aliphatic heterocycles. The second kappa shape index (κ2) is 10.1. The van der Waals surface area contributed by atoms with Gasteiger partial charge < -0.3 is 15.8 Å². The van der Waals surface area contributed by atoms with E-state index in [0.29, 0.717) is 31.0 Å². The molecule has 0 aliphatic carbocycles. The van der Waals surface area contributed by atoms with Crippen molar-refractivity contribution < 1.29 is 14.5 Å². The average molecular weight is 374 g/mol. The molecular weight excluding hydrogens is 350 g/mol. The third kappa shape index (κ3) is 5.53. The molecule has 1 aromatic rings. The number of amides is 1. The molecule has 5 N–H and O–H groups in total. The highest BCUT2D eigenvalue weighted by atomic mass is 35.5. The van der Waals surface area contributed by atoms with E-state index in [-0.39, 0.29) is 18.4 Å². The van der Waals surface area contributed by atoms with Crippen molar-refractivity contribution in [2.75, 3.05) is 18.5 Å². The zero-order valence-corrected chi connectivity index (χ0v) is 14.8. The Morgan fingerprint density at radius 2 is 2.04 bits per heavy atom. The quantitative estimate of drug-likeness (QED) is 0.389. The van der Waals surface area contributed by atoms with Crippen LogP contribution in [0.3, 0.4) is 0 Å². The van der Waals surface area contributed by atoms with Gasteiger partial charge in [0.1, 0.15) is 12.4 Å². The van der Waals surface area contributed by atoms with E-state index in [9.17, 15) is 14.9 Å². The summed E-state index contributed by atoms with van der Waals surface area (Å²) in [7, 11) is 0. The average Bonchev–Trinajstić information content (AvgIpc) is 2.98. The van der Waals surface area contributed by atoms with Gasteiger partial charge in [-0.3, -0.25) is 14.9 Å². The van der Waals surface area contributed by atoms with E-state index in [4.69, 9.17) is 10.5 Å². The summed E-state index contributed by atoms with van der Waals surface area (Å²) in [6.45, 7) is 2.77. The Labute approximate surface area is 152 Å². The maximum absolute atomic E-state index is 12.4. The fraction of sp³-hybridized carbons (Fsp3) is 0.533. The van der Waals surface area contributed by atoms with E-state index >= 15 is 0 Å². The molecule has 140 valence electrons. The molecule has 2 rings (SSSR count). The van der Waals surface area contributed by atoms with Gasteiger partial charge in [0.15, 0.2) is 6.04 Å². The van der Waals surface area contributed by atoms with Crippen molar-refractivity contribution in [3.8, 4) is 5.75 Å². The fourth-order valence-electron chi connectivity index (χ4n) is 2.67. The van der Waals surface area contributed by atoms with Crippen LogP contribution >= 0.6 is 12.4 Å². The number of halogens is 1. The standard InChI is InChI=1S/C15H23N5O4.ClH/c1-2-3-12-14(20(22)23)13(19-18-12)15(21)17-10-4-6-11(7-5-10)24-9-8-16;/h4-7,12-14,18-19H,2-3,8-9,16H2,1H3,(H,17,21);1H. The summed E-state index contributed by atoms with van der Waals surface area (Å²) in [5, 5.41) is 14.0. The molecule has 25 heavy (non-hydrogen) atoms. The maximum Gasteiger partial charge on any atom is 0.254 e. The first-order valence-electron chi connectivity index (χ1n) is 7.95. The predicted octanol–water partition coefficient (Wildman–Crippen LogP) is 0.675. The summed E-state index contributed by atoms with van der Waals surface area (Å²) >= 11 is 0. The molecule has 3 atom stereocenters. The maximum atomic E-state index is 12.4. The molecule has 0 bridgehead atoms. The van der Waals surface area contributed by atoms with Crippen LogP contribution in [0.5, 0.6) is 5.75 Å². The minimum absolute atomic E-state index is 0. The molecule has 3 unspecified atom stereocenters. The van der Waals surface area contributed by atoms with Gasteiger partial charge in [-0.2, -0.15) is 0 Å². The molecule has 1 aliphatic rings. The monoisotopic (exact) mass is 373 g/mol. The minimum atomic E-state index is -1.00. The Kier molecular flexibility index (Phi) is 8.56. The molecule has 0 spiro atoms. The van der Waals surface area contributed by atoms with Crippen LogP contribution < -0.4 is 26.6 Å². The number of carbonyl (C=O) groups is 1. The molecule has 0 saturated carbocycles. The van der Waals surface area contributed by atoms with E-state index in [2.05, 4.69) is 16.2 Å². The van der Waals surface area contributed by atoms with Crippen LogP contribution in [0.4, 0.5) is 5.69 Å². The second-order valence-electron chi connectivity index (χ2n) is 5.59. The van der Waals surface area contributed by atoms with Crippen LogP contribution in [0.15, 0.2) is 24.3 Å². The Morgan fingerprint density at radius 1 is 1.36 bits per heavy atom. The zero-order chi connectivity index (χ0) is 17.5. The molecule has 10 heteroatoms. The van der Waals surface area contributed by atoms with Crippen molar-refractivity contribution >= 4 is 24.0 Å². The Balaban J connectivity index is 0.00000312. The lowest BCUT2D eigenvalue weighted by Gasteiger charge is -2.15. The van der Waals surface area contributed by atoms with Crippen LogP contribution in [0.25, 0.3) is 0 Å². The molecule has 1 heterocycles. The number of ether oxygens (including phenoxy) is 1. The largest absolute Gasteiger partial charge is 0.492 e. The van der Waals surface area contributed by atoms with E-state index in [1.54, 1.807) is 24.3 Å². The van der Waals surface area contributed by atoms with Gasteiger partial charge in [0, 0.05) is 17.2 Å². The normalized spacial score (nSPS) is 22.1. The summed E-state index contributed by atoms with van der Waals surface area (Å²) in [4.78, 5) is 23.3. The summed E-state index contributed by atoms with van der Waals surface area (Å²) in [6.07, 6.45) is 1.41. The first kappa shape index (κ1) is 21.1. The van der Waals surface area contributed by atoms with Crippen molar-refractivity contribution in [3.63, 3.8) is 0 Å². The molecule has 1 fully saturated rings. The summed E-state index contributed by atoms with van der Waals surface area (Å²) in [5.74, 6) is 0.198. The lowest BCUT2D eigenvalue weighted by molar-refractivity contribution is -0.523. The van der Waals surface area contributed by atoms with Crippen molar-refractivity contribution in [2.45, 2.75) is 37.9 Å². The van der Waals surface area contributed by atoms with Gasteiger partial charge in [-0.25, -0.2) is 10.9 Å². The van der Waals surface area contributed by atoms with Crippen molar-refractivity contribution in [1.82, 2.24) is 10.9 Å². The lowest BCUT2D eigenvalue weighted by atomic mass is 9.99. The van der Waals surface area contributed by atoms with Gasteiger partial charge in [0.05, 0.1) is 6.04 Å². The first-order valence-corrected chi connectivity index (χ1v) is 7.95. The van der Waals surface area contributed by atoms with Crippen LogP contribution in [0, 0.1) is 10.1 Å². The molecule has 0 radical (unpaired) electrons. The number of anilines is 1. The number of hydrogen-bond donors (Lipinski definition) is 4. The number of nitrogens with one attached hydrogen (secondary N) is 3. The Bertz CT molecular complexity index is 572. The Hall–Kier alpha value is -1.94. The van der Waals surface area contributed by atoms with E-state index in [1.807, 2.05) is 6.92 Å². The molecule has 1 amide bonds. The van der Waals surface area contributed by atoms with Crippen molar-refractivity contribution in [1.29, 1.82) is 0 Å². The minimum Gasteiger partial charge on any atom is -0.492 e. The topological polar surface area (TPSA) is 132 Å². The third-order valence-corrected chi connectivity index (χ3v) is 3.81. The molecule has 0 aromatic heterocycles. The van der Waals surface area contributed by atoms with Gasteiger partial charge in [-0.05, 0) is 30.7 Å². The number of benzene rings is 1. The van der Waals surface area contributed by atoms with E-state index in [0.717, 1.165) is 6.42 Å². The number of hydrazine groups is 1. The van der Waals surface area contributed by atoms with Crippen LogP contribution in [-0.2, 0) is 4.79 Å². The predicted molar refractivity (Wildman–Crippen MR) is 96.4 cm³/mol. The number of nitrogens with zero attached hydrogens (tertiary/aromatic N) is 1. The number of rotatable bonds is 8. The number of carbonyl (C=O) groups excluding carboxylic acids is 1. The second-order valence-corrected chi connectivity index (χ2v) is 5.59. The van der Waals surface area contributed by atoms with Crippen molar-refractivity contribution in [3.05, 3.63) is 34.4 Å². The molecule has 9 nitrogen and oxygen atoms in total. The van der Waals surface area contributed by atoms with Crippen LogP contribution in [0.1, 0.15) is 19.8 Å². The molecule has 1 saturated heterocycles. The van der Waals surface area contributed by atoms with E-state index in [1.165, 1.54) is 0 Å². The molecular formula is C15H24ClN5O4. The van der Waals surface area contributed by atoms with Gasteiger partial charge in [-0.1, -0.05) is 13.3 Å². The smallest absolute Gasteiger partial charge is 0.254 e. The molecule has 1 aromatic carbocycles. The number of nitro groups is 1. The lowest BCUT2D eigenvalue weighted by Crippen LogP contribution is -2.47. The summed E-state index contributed by atoms with van der Waals surface area (Å²) in [5.41, 5.74) is 11.5. The number of nitrogens with two attached hydrogens (primary N) is 1. The first-order chi connectivity index (χ1) is 11.6. The Morgan fingerprint density at radius 3 is 2.60 bits per heavy atom. The highest BCUT2D eigenvalue weighted by Gasteiger charge is 2.48. The van der Waals surface area contributed by atoms with E-state index < -0.39 is 22.9 Å². The SMILES string of the molecule is CCCC1NNC(C(=O)Nc2ccc(OCCN)cc2)C1[N+](=O)[O-].Cl. The zero-order valence-electron chi connectivity index (χ0n) is 13.9. The fourth-order valence-corrected chi connectivity index (χ4v) is 2.67. The highest BCUT2D eigenvalue weighted by Crippen LogP contribution is 2.19. The van der Waals surface area contributed by atoms with Gasteiger partial charge >= 0.3 is 0 Å². The van der Waals surface area contributed by atoms with Gasteiger partial charge in [0.2, 0.25) is 5.91 Å². The van der Waals surface area contributed by atoms with Crippen molar-refractivity contribution in [2.24, 2.45) is 5.73 Å². The van der Waals surface area contributed by atoms with Crippen LogP contribution in [-0.4, -0.2) is 42.1 Å². The van der Waals surface area contributed by atoms with Gasteiger partial charge in [-0.15, -0.1) is 12.4 Å². The summed E-state index contributed by atoms with van der Waals surface area (Å²) in [6, 6.07) is 4.47. The highest BCUT2D eigenvalue weighted by molar-refractivity contribution is 5.95. The van der Waals surface area contributed by atoms with Gasteiger partial charge in [0.25, 0.3) is 6.04 Å². The van der Waals surface area contributed by atoms with Crippen LogP contribution in [0.2, 0.25) is 0 Å². The number of hydrogen-bond acceptors (Lipinski definition) is 7. The third-order valence-electron chi connectivity index (χ3n) is 3.81.